The number of halogens is 1. The number of benzene rings is 1. The predicted octanol–water partition coefficient (Wildman–Crippen LogP) is 3.15. The average Bonchev–Trinajstić information content (AvgIpc) is 2.11. The van der Waals surface area contributed by atoms with Gasteiger partial charge in [-0.2, -0.15) is 0 Å². The summed E-state index contributed by atoms with van der Waals surface area (Å²) in [7, 11) is 0. The number of hydrogen-bond acceptors (Lipinski definition) is 0. The molecule has 0 aliphatic carbocycles. The van der Waals surface area contributed by atoms with Crippen molar-refractivity contribution in [1.29, 1.82) is 0 Å². The van der Waals surface area contributed by atoms with Gasteiger partial charge in [0.05, 0.1) is 0 Å². The maximum absolute atomic E-state index is 5.36. The molecular formula is C10H9Cl. The smallest absolute Gasteiger partial charge is 0.00484 e. The largest absolute Gasteiger partial charge is 0.124 e. The molecule has 0 saturated carbocycles. The van der Waals surface area contributed by atoms with Crippen LogP contribution in [0.3, 0.4) is 0 Å². The first-order valence-corrected chi connectivity index (χ1v) is 3.52. The molecule has 56 valence electrons. The van der Waals surface area contributed by atoms with Crippen LogP contribution in [0.15, 0.2) is 35.9 Å². The van der Waals surface area contributed by atoms with Crippen LogP contribution >= 0.6 is 11.6 Å². The SMILES string of the molecule is C#C.ClC=Cc1ccccc1. The van der Waals surface area contributed by atoms with Gasteiger partial charge in [-0.25, -0.2) is 0 Å². The molecule has 0 unspecified atom stereocenters. The summed E-state index contributed by atoms with van der Waals surface area (Å²) in [5.41, 5.74) is 2.64. The summed E-state index contributed by atoms with van der Waals surface area (Å²) in [4.78, 5) is 0. The Labute approximate surface area is 72.5 Å². The van der Waals surface area contributed by atoms with Gasteiger partial charge in [-0.05, 0) is 11.6 Å². The van der Waals surface area contributed by atoms with E-state index in [1.165, 1.54) is 5.54 Å². The van der Waals surface area contributed by atoms with E-state index in [9.17, 15) is 0 Å². The highest BCUT2D eigenvalue weighted by molar-refractivity contribution is 6.27. The molecule has 0 amide bonds. The van der Waals surface area contributed by atoms with Gasteiger partial charge in [0.1, 0.15) is 0 Å². The lowest BCUT2D eigenvalue weighted by Crippen LogP contribution is -1.64. The van der Waals surface area contributed by atoms with E-state index in [0.717, 1.165) is 5.56 Å². The second kappa shape index (κ2) is 6.92. The summed E-state index contributed by atoms with van der Waals surface area (Å²) in [5, 5.41) is 0. The van der Waals surface area contributed by atoms with Crippen LogP contribution in [0.4, 0.5) is 0 Å². The van der Waals surface area contributed by atoms with Gasteiger partial charge in [-0.15, -0.1) is 12.8 Å². The van der Waals surface area contributed by atoms with Crippen LogP contribution in [0.1, 0.15) is 5.56 Å². The van der Waals surface area contributed by atoms with Crippen molar-refractivity contribution in [2.24, 2.45) is 0 Å². The Balaban J connectivity index is 0.000000461. The molecule has 0 radical (unpaired) electrons. The van der Waals surface area contributed by atoms with E-state index in [-0.39, 0.29) is 0 Å². The van der Waals surface area contributed by atoms with Crippen molar-refractivity contribution in [2.75, 3.05) is 0 Å². The normalized spacial score (nSPS) is 8.64. The fourth-order valence-electron chi connectivity index (χ4n) is 0.637. The molecule has 0 aromatic heterocycles. The first-order valence-electron chi connectivity index (χ1n) is 3.08. The fourth-order valence-corrected chi connectivity index (χ4v) is 0.782. The van der Waals surface area contributed by atoms with Gasteiger partial charge >= 0.3 is 0 Å². The zero-order valence-electron chi connectivity index (χ0n) is 6.07. The minimum Gasteiger partial charge on any atom is -0.124 e. The van der Waals surface area contributed by atoms with Gasteiger partial charge in [0.15, 0.2) is 0 Å². The first kappa shape index (κ1) is 9.81. The highest BCUT2D eigenvalue weighted by atomic mass is 35.5. The molecule has 1 aromatic rings. The number of hydrogen-bond donors (Lipinski definition) is 0. The van der Waals surface area contributed by atoms with E-state index in [0.29, 0.717) is 0 Å². The van der Waals surface area contributed by atoms with Gasteiger partial charge in [0.25, 0.3) is 0 Å². The lowest BCUT2D eigenvalue weighted by atomic mass is 10.2. The third-order valence-corrected chi connectivity index (χ3v) is 1.18. The molecule has 1 aromatic carbocycles. The summed E-state index contributed by atoms with van der Waals surface area (Å²) in [5.74, 6) is 0. The Morgan fingerprint density at radius 2 is 1.64 bits per heavy atom. The van der Waals surface area contributed by atoms with Crippen molar-refractivity contribution in [1.82, 2.24) is 0 Å². The van der Waals surface area contributed by atoms with E-state index in [1.54, 1.807) is 0 Å². The summed E-state index contributed by atoms with van der Waals surface area (Å²) in [6.07, 6.45) is 9.85. The second-order valence-corrected chi connectivity index (χ2v) is 1.96. The van der Waals surface area contributed by atoms with Gasteiger partial charge in [0, 0.05) is 5.54 Å². The van der Waals surface area contributed by atoms with E-state index >= 15 is 0 Å². The summed E-state index contributed by atoms with van der Waals surface area (Å²) < 4.78 is 0. The Bertz CT molecular complexity index is 221. The number of rotatable bonds is 1. The molecule has 0 aliphatic heterocycles. The third-order valence-electron chi connectivity index (χ3n) is 1.06. The van der Waals surface area contributed by atoms with Gasteiger partial charge in [0.2, 0.25) is 0 Å². The van der Waals surface area contributed by atoms with Crippen LogP contribution in [0.2, 0.25) is 0 Å². The molecule has 0 nitrogen and oxygen atoms in total. The zero-order valence-corrected chi connectivity index (χ0v) is 6.83. The van der Waals surface area contributed by atoms with E-state index in [2.05, 4.69) is 12.8 Å². The highest BCUT2D eigenvalue weighted by Crippen LogP contribution is 2.00. The maximum Gasteiger partial charge on any atom is 0.00484 e. The quantitative estimate of drug-likeness (QED) is 0.560. The predicted molar refractivity (Wildman–Crippen MR) is 51.2 cm³/mol. The minimum atomic E-state index is 1.13. The van der Waals surface area contributed by atoms with E-state index < -0.39 is 0 Å². The van der Waals surface area contributed by atoms with Crippen LogP contribution in [0, 0.1) is 12.8 Å². The maximum atomic E-state index is 5.36. The topological polar surface area (TPSA) is 0 Å². The van der Waals surface area contributed by atoms with Crippen LogP contribution in [0.25, 0.3) is 6.08 Å². The Morgan fingerprint density at radius 3 is 2.09 bits per heavy atom. The Kier molecular flexibility index (Phi) is 6.17. The minimum absolute atomic E-state index is 1.13. The summed E-state index contributed by atoms with van der Waals surface area (Å²) >= 11 is 5.36. The van der Waals surface area contributed by atoms with E-state index in [1.807, 2.05) is 36.4 Å². The number of terminal acetylenes is 1. The van der Waals surface area contributed by atoms with Crippen molar-refractivity contribution >= 4 is 17.7 Å². The lowest BCUT2D eigenvalue weighted by molar-refractivity contribution is 1.66. The first-order chi connectivity index (χ1) is 5.43. The fraction of sp³-hybridized carbons (Fsp3) is 0. The second-order valence-electron chi connectivity index (χ2n) is 1.70. The van der Waals surface area contributed by atoms with Gasteiger partial charge in [-0.1, -0.05) is 41.9 Å². The summed E-state index contributed by atoms with van der Waals surface area (Å²) in [6.45, 7) is 0. The molecule has 1 rings (SSSR count). The molecular weight excluding hydrogens is 156 g/mol. The van der Waals surface area contributed by atoms with Crippen molar-refractivity contribution in [2.45, 2.75) is 0 Å². The molecule has 11 heavy (non-hydrogen) atoms. The third kappa shape index (κ3) is 4.25. The Hall–Kier alpha value is -1.19. The molecule has 0 fully saturated rings. The monoisotopic (exact) mass is 164 g/mol. The van der Waals surface area contributed by atoms with Gasteiger partial charge < -0.3 is 0 Å². The van der Waals surface area contributed by atoms with Crippen molar-refractivity contribution in [3.63, 3.8) is 0 Å². The van der Waals surface area contributed by atoms with Crippen LogP contribution < -0.4 is 0 Å². The van der Waals surface area contributed by atoms with Gasteiger partial charge in [-0.3, -0.25) is 0 Å². The van der Waals surface area contributed by atoms with Crippen LogP contribution in [0.5, 0.6) is 0 Å². The van der Waals surface area contributed by atoms with Crippen molar-refractivity contribution in [3.8, 4) is 12.8 Å². The molecule has 1 heteroatoms. The molecule has 0 heterocycles. The highest BCUT2D eigenvalue weighted by Gasteiger charge is 1.78. The molecule has 0 atom stereocenters. The average molecular weight is 165 g/mol. The van der Waals surface area contributed by atoms with E-state index in [4.69, 9.17) is 11.6 Å². The standard InChI is InChI=1S/C8H7Cl.C2H2/c9-7-6-8-4-2-1-3-5-8;1-2/h1-7H;1-2H. The molecule has 0 spiro atoms. The lowest BCUT2D eigenvalue weighted by Gasteiger charge is -1.86. The molecule has 0 bridgehead atoms. The zero-order chi connectivity index (χ0) is 8.53. The van der Waals surface area contributed by atoms with Crippen LogP contribution in [-0.2, 0) is 0 Å². The van der Waals surface area contributed by atoms with Crippen molar-refractivity contribution in [3.05, 3.63) is 41.4 Å². The Morgan fingerprint density at radius 1 is 1.09 bits per heavy atom. The van der Waals surface area contributed by atoms with Crippen LogP contribution in [-0.4, -0.2) is 0 Å². The molecule has 0 saturated heterocycles. The summed E-state index contributed by atoms with van der Waals surface area (Å²) in [6, 6.07) is 9.93. The van der Waals surface area contributed by atoms with Crippen molar-refractivity contribution < 1.29 is 0 Å². The molecule has 0 aliphatic rings. The molecule has 0 N–H and O–H groups in total.